The number of urea groups is 1. The van der Waals surface area contributed by atoms with Crippen LogP contribution in [0, 0.1) is 5.92 Å². The Bertz CT molecular complexity index is 438. The number of hydrogen-bond donors (Lipinski definition) is 2. The lowest BCUT2D eigenvalue weighted by atomic mass is 9.97. The average Bonchev–Trinajstić information content (AvgIpc) is 2.90. The molecule has 2 rings (SSSR count). The first kappa shape index (κ1) is 13.4. The lowest BCUT2D eigenvalue weighted by molar-refractivity contribution is -0.143. The summed E-state index contributed by atoms with van der Waals surface area (Å²) < 4.78 is 0. The molecule has 1 aromatic rings. The van der Waals surface area contributed by atoms with Crippen molar-refractivity contribution in [2.45, 2.75) is 19.4 Å². The summed E-state index contributed by atoms with van der Waals surface area (Å²) in [7, 11) is 1.73. The van der Waals surface area contributed by atoms with Crippen LogP contribution in [0.5, 0.6) is 0 Å². The van der Waals surface area contributed by atoms with Gasteiger partial charge in [-0.1, -0.05) is 0 Å². The zero-order valence-electron chi connectivity index (χ0n) is 10.9. The number of hydrogen-bond acceptors (Lipinski definition) is 3. The summed E-state index contributed by atoms with van der Waals surface area (Å²) in [4.78, 5) is 26.4. The number of aliphatic carboxylic acids is 1. The van der Waals surface area contributed by atoms with Crippen LogP contribution < -0.4 is 0 Å². The number of likely N-dealkylation sites (tertiary alicyclic amines) is 1. The number of aromatic nitrogens is 2. The number of carbonyl (C=O) groups excluding carboxylic acids is 1. The summed E-state index contributed by atoms with van der Waals surface area (Å²) >= 11 is 0. The molecule has 1 aliphatic rings. The summed E-state index contributed by atoms with van der Waals surface area (Å²) in [6, 6.07) is -0.0648. The van der Waals surface area contributed by atoms with E-state index in [4.69, 9.17) is 5.11 Å². The van der Waals surface area contributed by atoms with E-state index in [1.165, 1.54) is 0 Å². The van der Waals surface area contributed by atoms with Crippen molar-refractivity contribution in [3.05, 3.63) is 18.0 Å². The number of piperidine rings is 1. The molecule has 1 saturated heterocycles. The standard InChI is InChI=1S/C12H18N4O3/c1-15(8-9-6-13-14-7-9)12(19)16-4-2-10(3-5-16)11(17)18/h6-7,10H,2-5,8H2,1H3,(H,13,14)(H,17,18). The van der Waals surface area contributed by atoms with Crippen LogP contribution in [0.4, 0.5) is 4.79 Å². The number of nitrogens with zero attached hydrogens (tertiary/aromatic N) is 3. The maximum absolute atomic E-state index is 12.2. The summed E-state index contributed by atoms with van der Waals surface area (Å²) in [6.07, 6.45) is 4.49. The molecule has 7 nitrogen and oxygen atoms in total. The lowest BCUT2D eigenvalue weighted by Crippen LogP contribution is -2.45. The number of rotatable bonds is 3. The van der Waals surface area contributed by atoms with Gasteiger partial charge in [-0.25, -0.2) is 4.79 Å². The number of aromatic amines is 1. The van der Waals surface area contributed by atoms with E-state index in [0.717, 1.165) is 5.56 Å². The fraction of sp³-hybridized carbons (Fsp3) is 0.583. The smallest absolute Gasteiger partial charge is 0.320 e. The molecule has 0 atom stereocenters. The van der Waals surface area contributed by atoms with E-state index in [2.05, 4.69) is 10.2 Å². The Hall–Kier alpha value is -2.05. The second kappa shape index (κ2) is 5.73. The van der Waals surface area contributed by atoms with Crippen molar-refractivity contribution in [1.29, 1.82) is 0 Å². The van der Waals surface area contributed by atoms with Gasteiger partial charge in [0.25, 0.3) is 0 Å². The molecule has 1 fully saturated rings. The Morgan fingerprint density at radius 1 is 1.53 bits per heavy atom. The molecule has 19 heavy (non-hydrogen) atoms. The molecule has 0 aliphatic carbocycles. The van der Waals surface area contributed by atoms with Gasteiger partial charge >= 0.3 is 12.0 Å². The van der Waals surface area contributed by atoms with Gasteiger partial charge in [-0.2, -0.15) is 5.10 Å². The summed E-state index contributed by atoms with van der Waals surface area (Å²) in [5.74, 6) is -1.08. The minimum atomic E-state index is -0.765. The highest BCUT2D eigenvalue weighted by Gasteiger charge is 2.28. The van der Waals surface area contributed by atoms with E-state index in [9.17, 15) is 9.59 Å². The predicted octanol–water partition coefficient (Wildman–Crippen LogP) is 0.758. The van der Waals surface area contributed by atoms with Gasteiger partial charge in [-0.05, 0) is 12.8 Å². The third-order valence-electron chi connectivity index (χ3n) is 3.42. The summed E-state index contributed by atoms with van der Waals surface area (Å²) in [5, 5.41) is 15.5. The normalized spacial score (nSPS) is 16.4. The van der Waals surface area contributed by atoms with E-state index in [-0.39, 0.29) is 11.9 Å². The molecule has 2 heterocycles. The van der Waals surface area contributed by atoms with Gasteiger partial charge in [0.05, 0.1) is 18.7 Å². The van der Waals surface area contributed by atoms with Crippen LogP contribution in [0.1, 0.15) is 18.4 Å². The van der Waals surface area contributed by atoms with Crippen LogP contribution in [0.15, 0.2) is 12.4 Å². The molecule has 2 N–H and O–H groups in total. The number of H-pyrrole nitrogens is 1. The molecule has 0 saturated carbocycles. The van der Waals surface area contributed by atoms with Crippen molar-refractivity contribution in [2.24, 2.45) is 5.92 Å². The van der Waals surface area contributed by atoms with E-state index in [1.807, 2.05) is 0 Å². The number of amides is 2. The fourth-order valence-corrected chi connectivity index (χ4v) is 2.26. The monoisotopic (exact) mass is 266 g/mol. The highest BCUT2D eigenvalue weighted by molar-refractivity contribution is 5.75. The van der Waals surface area contributed by atoms with Gasteiger partial charge in [-0.15, -0.1) is 0 Å². The number of carboxylic acid groups (broad SMARTS) is 1. The molecule has 0 radical (unpaired) electrons. The molecule has 0 spiro atoms. The molecule has 0 bridgehead atoms. The number of carboxylic acids is 1. The zero-order chi connectivity index (χ0) is 13.8. The Balaban J connectivity index is 1.85. The van der Waals surface area contributed by atoms with Crippen LogP contribution in [-0.2, 0) is 11.3 Å². The first-order valence-electron chi connectivity index (χ1n) is 6.28. The lowest BCUT2D eigenvalue weighted by Gasteiger charge is -2.33. The Morgan fingerprint density at radius 2 is 2.21 bits per heavy atom. The third kappa shape index (κ3) is 3.24. The number of nitrogens with one attached hydrogen (secondary N) is 1. The van der Waals surface area contributed by atoms with Gasteiger partial charge in [0.1, 0.15) is 0 Å². The topological polar surface area (TPSA) is 89.5 Å². The highest BCUT2D eigenvalue weighted by atomic mass is 16.4. The van der Waals surface area contributed by atoms with Gasteiger partial charge < -0.3 is 14.9 Å². The minimum absolute atomic E-state index is 0.0648. The maximum Gasteiger partial charge on any atom is 0.320 e. The Labute approximate surface area is 111 Å². The SMILES string of the molecule is CN(Cc1cn[nH]c1)C(=O)N1CCC(C(=O)O)CC1. The fourth-order valence-electron chi connectivity index (χ4n) is 2.26. The number of carbonyl (C=O) groups is 2. The molecule has 7 heteroatoms. The van der Waals surface area contributed by atoms with Crippen molar-refractivity contribution in [3.63, 3.8) is 0 Å². The molecule has 1 aromatic heterocycles. The summed E-state index contributed by atoms with van der Waals surface area (Å²) in [6.45, 7) is 1.51. The maximum atomic E-state index is 12.2. The van der Waals surface area contributed by atoms with Gasteiger partial charge in [0, 0.05) is 31.9 Å². The van der Waals surface area contributed by atoms with Crippen molar-refractivity contribution in [3.8, 4) is 0 Å². The molecule has 0 unspecified atom stereocenters. The van der Waals surface area contributed by atoms with Crippen LogP contribution >= 0.6 is 0 Å². The molecular formula is C12H18N4O3. The second-order valence-electron chi connectivity index (χ2n) is 4.84. The Kier molecular flexibility index (Phi) is 4.03. The van der Waals surface area contributed by atoms with Crippen molar-refractivity contribution >= 4 is 12.0 Å². The van der Waals surface area contributed by atoms with Crippen molar-refractivity contribution in [1.82, 2.24) is 20.0 Å². The molecule has 1 aliphatic heterocycles. The van der Waals surface area contributed by atoms with Crippen LogP contribution in [0.3, 0.4) is 0 Å². The predicted molar refractivity (Wildman–Crippen MR) is 67.4 cm³/mol. The second-order valence-corrected chi connectivity index (χ2v) is 4.84. The van der Waals surface area contributed by atoms with Crippen LogP contribution in [-0.4, -0.2) is 57.2 Å². The van der Waals surface area contributed by atoms with Gasteiger partial charge in [0.2, 0.25) is 0 Å². The highest BCUT2D eigenvalue weighted by Crippen LogP contribution is 2.18. The largest absolute Gasteiger partial charge is 0.481 e. The van der Waals surface area contributed by atoms with E-state index < -0.39 is 5.97 Å². The van der Waals surface area contributed by atoms with Crippen molar-refractivity contribution in [2.75, 3.05) is 20.1 Å². The first-order chi connectivity index (χ1) is 9.08. The van der Waals surface area contributed by atoms with Crippen molar-refractivity contribution < 1.29 is 14.7 Å². The summed E-state index contributed by atoms with van der Waals surface area (Å²) in [5.41, 5.74) is 0.941. The van der Waals surface area contributed by atoms with Gasteiger partial charge in [0.15, 0.2) is 0 Å². The zero-order valence-corrected chi connectivity index (χ0v) is 10.9. The van der Waals surface area contributed by atoms with Crippen LogP contribution in [0.25, 0.3) is 0 Å². The van der Waals surface area contributed by atoms with E-state index >= 15 is 0 Å². The third-order valence-corrected chi connectivity index (χ3v) is 3.42. The quantitative estimate of drug-likeness (QED) is 0.845. The molecular weight excluding hydrogens is 248 g/mol. The first-order valence-corrected chi connectivity index (χ1v) is 6.28. The van der Waals surface area contributed by atoms with Crippen LogP contribution in [0.2, 0.25) is 0 Å². The molecule has 2 amide bonds. The minimum Gasteiger partial charge on any atom is -0.481 e. The van der Waals surface area contributed by atoms with E-state index in [0.29, 0.717) is 32.5 Å². The molecule has 0 aromatic carbocycles. The average molecular weight is 266 g/mol. The van der Waals surface area contributed by atoms with E-state index in [1.54, 1.807) is 29.2 Å². The Morgan fingerprint density at radius 3 is 2.74 bits per heavy atom. The molecule has 104 valence electrons. The van der Waals surface area contributed by atoms with Gasteiger partial charge in [-0.3, -0.25) is 9.89 Å².